The Morgan fingerprint density at radius 1 is 0.884 bits per heavy atom. The van der Waals surface area contributed by atoms with Crippen LogP contribution in [0.2, 0.25) is 0 Å². The van der Waals surface area contributed by atoms with Crippen LogP contribution in [0.15, 0.2) is 25.0 Å². The number of rotatable bonds is 22. The van der Waals surface area contributed by atoms with E-state index in [2.05, 4.69) is 80.9 Å². The van der Waals surface area contributed by atoms with Gasteiger partial charge in [0.25, 0.3) is 0 Å². The van der Waals surface area contributed by atoms with Crippen molar-refractivity contribution < 1.29 is 0 Å². The molecule has 43 heavy (non-hydrogen) atoms. The molecule has 1 fully saturated rings. The van der Waals surface area contributed by atoms with Crippen LogP contribution in [0.4, 0.5) is 5.95 Å². The Bertz CT molecular complexity index is 885. The second-order valence-corrected chi connectivity index (χ2v) is 12.9. The van der Waals surface area contributed by atoms with Crippen LogP contribution in [0.25, 0.3) is 0 Å². The van der Waals surface area contributed by atoms with E-state index in [9.17, 15) is 0 Å². The molecule has 2 heterocycles. The quantitative estimate of drug-likeness (QED) is 0.0760. The third kappa shape index (κ3) is 13.3. The second-order valence-electron chi connectivity index (χ2n) is 12.9. The lowest BCUT2D eigenvalue weighted by Gasteiger charge is -2.49. The van der Waals surface area contributed by atoms with Gasteiger partial charge in [0.1, 0.15) is 0 Å². The Balaban J connectivity index is 1.88. The van der Waals surface area contributed by atoms with Crippen LogP contribution in [-0.4, -0.2) is 70.6 Å². The van der Waals surface area contributed by atoms with Gasteiger partial charge in [0.2, 0.25) is 5.95 Å². The van der Waals surface area contributed by atoms with Crippen LogP contribution >= 0.6 is 0 Å². The van der Waals surface area contributed by atoms with E-state index >= 15 is 0 Å². The number of hydrogen-bond acceptors (Lipinski definition) is 5. The van der Waals surface area contributed by atoms with Gasteiger partial charge in [-0.3, -0.25) is 4.90 Å². The minimum Gasteiger partial charge on any atom is -0.332 e. The van der Waals surface area contributed by atoms with Crippen molar-refractivity contribution in [3.63, 3.8) is 0 Å². The fourth-order valence-corrected chi connectivity index (χ4v) is 6.87. The summed E-state index contributed by atoms with van der Waals surface area (Å²) in [7, 11) is 2.33. The smallest absolute Gasteiger partial charge is 0.225 e. The first-order chi connectivity index (χ1) is 21.0. The summed E-state index contributed by atoms with van der Waals surface area (Å²) < 4.78 is 0. The van der Waals surface area contributed by atoms with Gasteiger partial charge >= 0.3 is 0 Å². The molecular weight excluding hydrogens is 526 g/mol. The molecule has 3 atom stereocenters. The maximum absolute atomic E-state index is 4.83. The topological polar surface area (TPSA) is 35.5 Å². The third-order valence-corrected chi connectivity index (χ3v) is 9.70. The van der Waals surface area contributed by atoms with Crippen molar-refractivity contribution in [1.29, 1.82) is 0 Å². The maximum Gasteiger partial charge on any atom is 0.225 e. The predicted molar refractivity (Wildman–Crippen MR) is 188 cm³/mol. The fraction of sp³-hybridized carbons (Fsp3) is 0.789. The summed E-state index contributed by atoms with van der Waals surface area (Å²) in [5, 5.41) is 0. The lowest BCUT2D eigenvalue weighted by molar-refractivity contribution is 0.123. The van der Waals surface area contributed by atoms with Gasteiger partial charge in [-0.2, -0.15) is 0 Å². The van der Waals surface area contributed by atoms with E-state index in [1.54, 1.807) is 0 Å². The fourth-order valence-electron chi connectivity index (χ4n) is 6.87. The van der Waals surface area contributed by atoms with Crippen LogP contribution in [0.3, 0.4) is 0 Å². The van der Waals surface area contributed by atoms with Crippen molar-refractivity contribution >= 4 is 5.95 Å². The first kappa shape index (κ1) is 37.3. The van der Waals surface area contributed by atoms with E-state index in [1.807, 2.05) is 12.4 Å². The summed E-state index contributed by atoms with van der Waals surface area (Å²) >= 11 is 0. The molecule has 0 aromatic carbocycles. The van der Waals surface area contributed by atoms with Crippen molar-refractivity contribution in [1.82, 2.24) is 19.8 Å². The zero-order valence-corrected chi connectivity index (χ0v) is 29.1. The molecule has 0 saturated carbocycles. The average molecular weight is 594 g/mol. The molecule has 0 aliphatic carbocycles. The number of hydrogen-bond donors (Lipinski definition) is 0. The van der Waals surface area contributed by atoms with Crippen LogP contribution in [-0.2, 0) is 0 Å². The van der Waals surface area contributed by atoms with Gasteiger partial charge in [0, 0.05) is 56.1 Å². The molecule has 2 rings (SSSR count). The van der Waals surface area contributed by atoms with Gasteiger partial charge in [-0.1, -0.05) is 97.5 Å². The minimum atomic E-state index is 0.459. The molecule has 1 aliphatic rings. The van der Waals surface area contributed by atoms with Crippen LogP contribution in [0, 0.1) is 11.8 Å². The SMILES string of the molecule is C=CCCCCCC(CCCCCCC)N(C)CCCC#Cc1cnc(N2C(CC)CN(C(CC)CC)CC2CC)nc1. The van der Waals surface area contributed by atoms with E-state index in [4.69, 9.17) is 9.97 Å². The monoisotopic (exact) mass is 594 g/mol. The number of allylic oxidation sites excluding steroid dienone is 1. The normalized spacial score (nSPS) is 18.2. The lowest BCUT2D eigenvalue weighted by atomic mass is 9.99. The van der Waals surface area contributed by atoms with Gasteiger partial charge in [0.05, 0.1) is 5.56 Å². The van der Waals surface area contributed by atoms with Gasteiger partial charge < -0.3 is 9.80 Å². The van der Waals surface area contributed by atoms with E-state index in [0.29, 0.717) is 24.2 Å². The molecule has 0 amide bonds. The minimum absolute atomic E-state index is 0.459. The molecule has 0 radical (unpaired) electrons. The highest BCUT2D eigenvalue weighted by molar-refractivity contribution is 5.39. The van der Waals surface area contributed by atoms with Crippen molar-refractivity contribution in [3.05, 3.63) is 30.6 Å². The van der Waals surface area contributed by atoms with Crippen LogP contribution < -0.4 is 4.90 Å². The third-order valence-electron chi connectivity index (χ3n) is 9.70. The van der Waals surface area contributed by atoms with Gasteiger partial charge in [-0.05, 0) is 71.4 Å². The summed E-state index contributed by atoms with van der Waals surface area (Å²) in [6.07, 6.45) is 27.2. The highest BCUT2D eigenvalue weighted by Gasteiger charge is 2.36. The highest BCUT2D eigenvalue weighted by atomic mass is 15.4. The molecule has 1 saturated heterocycles. The molecular formula is C38H67N5. The zero-order valence-electron chi connectivity index (χ0n) is 29.1. The summed E-state index contributed by atoms with van der Waals surface area (Å²) in [6.45, 7) is 18.8. The van der Waals surface area contributed by atoms with Crippen LogP contribution in [0.5, 0.6) is 0 Å². The molecule has 244 valence electrons. The number of piperazine rings is 1. The first-order valence-corrected chi connectivity index (χ1v) is 18.2. The Hall–Kier alpha value is -1.90. The number of anilines is 1. The molecule has 0 N–H and O–H groups in total. The first-order valence-electron chi connectivity index (χ1n) is 18.2. The second kappa shape index (κ2) is 22.6. The Labute approximate surface area is 267 Å². The Morgan fingerprint density at radius 2 is 1.49 bits per heavy atom. The van der Waals surface area contributed by atoms with Gasteiger partial charge in [0.15, 0.2) is 0 Å². The van der Waals surface area contributed by atoms with E-state index in [1.165, 1.54) is 77.0 Å². The van der Waals surface area contributed by atoms with E-state index < -0.39 is 0 Å². The summed E-state index contributed by atoms with van der Waals surface area (Å²) in [6, 6.07) is 2.30. The summed E-state index contributed by atoms with van der Waals surface area (Å²) in [4.78, 5) is 17.5. The van der Waals surface area contributed by atoms with Crippen molar-refractivity contribution in [3.8, 4) is 11.8 Å². The molecule has 3 unspecified atom stereocenters. The van der Waals surface area contributed by atoms with Crippen molar-refractivity contribution in [2.45, 2.75) is 168 Å². The molecule has 5 nitrogen and oxygen atoms in total. The summed E-state index contributed by atoms with van der Waals surface area (Å²) in [5.74, 6) is 7.63. The highest BCUT2D eigenvalue weighted by Crippen LogP contribution is 2.27. The Morgan fingerprint density at radius 3 is 2.05 bits per heavy atom. The maximum atomic E-state index is 4.83. The number of nitrogens with zero attached hydrogens (tertiary/aromatic N) is 5. The van der Waals surface area contributed by atoms with Gasteiger partial charge in [-0.15, -0.1) is 6.58 Å². The van der Waals surface area contributed by atoms with Gasteiger partial charge in [-0.25, -0.2) is 9.97 Å². The predicted octanol–water partition coefficient (Wildman–Crippen LogP) is 9.27. The van der Waals surface area contributed by atoms with E-state index in [0.717, 1.165) is 63.3 Å². The molecule has 0 bridgehead atoms. The van der Waals surface area contributed by atoms with Crippen molar-refractivity contribution in [2.24, 2.45) is 0 Å². The average Bonchev–Trinajstić information content (AvgIpc) is 3.03. The lowest BCUT2D eigenvalue weighted by Crippen LogP contribution is -2.61. The molecule has 1 aromatic heterocycles. The zero-order chi connectivity index (χ0) is 31.3. The van der Waals surface area contributed by atoms with Crippen molar-refractivity contribution in [2.75, 3.05) is 31.6 Å². The van der Waals surface area contributed by atoms with Crippen LogP contribution in [0.1, 0.15) is 149 Å². The summed E-state index contributed by atoms with van der Waals surface area (Å²) in [5.41, 5.74) is 0.929. The number of aromatic nitrogens is 2. The number of unbranched alkanes of at least 4 members (excludes halogenated alkanes) is 8. The Kier molecular flexibility index (Phi) is 19.6. The van der Waals surface area contributed by atoms with E-state index in [-0.39, 0.29) is 0 Å². The standard InChI is InChI=1S/C38H67N5/c1-8-14-16-18-22-26-37(27-23-19-17-15-9-2)41(7)28-24-20-21-25-33-29-39-38(40-30-33)43-35(12-5)31-42(32-36(43)13-6)34(10-3)11-4/h8,29-30,34-37H,1,9-20,22-24,26-28,31-32H2,2-7H3. The largest absolute Gasteiger partial charge is 0.332 e. The molecule has 5 heteroatoms. The molecule has 1 aromatic rings. The molecule has 0 spiro atoms. The molecule has 1 aliphatic heterocycles.